The van der Waals surface area contributed by atoms with E-state index in [0.29, 0.717) is 0 Å². The van der Waals surface area contributed by atoms with Gasteiger partial charge < -0.3 is 176 Å². The number of aliphatic hydroxyl groups is 4. The van der Waals surface area contributed by atoms with E-state index >= 15 is 0 Å². The summed E-state index contributed by atoms with van der Waals surface area (Å²) in [6.45, 7) is 4.50. The Labute approximate surface area is 772 Å². The molecule has 17 unspecified atom stereocenters. The first-order valence-corrected chi connectivity index (χ1v) is 42.5. The third kappa shape index (κ3) is 49.3. The van der Waals surface area contributed by atoms with Gasteiger partial charge in [0.15, 0.2) is 17.9 Å². The third-order valence-electron chi connectivity index (χ3n) is 19.1. The van der Waals surface area contributed by atoms with Gasteiger partial charge in [-0.05, 0) is 85.5 Å². The van der Waals surface area contributed by atoms with Crippen LogP contribution in [0.3, 0.4) is 0 Å². The Morgan fingerprint density at radius 1 is 0.363 bits per heavy atom. The zero-order valence-electron chi connectivity index (χ0n) is 75.7. The molecule has 0 saturated heterocycles. The van der Waals surface area contributed by atoms with Gasteiger partial charge in [0.1, 0.15) is 78.5 Å². The van der Waals surface area contributed by atoms with Crippen LogP contribution in [-0.2, 0) is 112 Å². The molecule has 0 aliphatic carbocycles. The molecule has 0 spiro atoms. The Hall–Kier alpha value is -14.8. The highest BCUT2D eigenvalue weighted by Crippen LogP contribution is 2.13. The smallest absolute Gasteiger partial charge is 0.326 e. The molecule has 0 saturated carbocycles. The highest BCUT2D eigenvalue weighted by Gasteiger charge is 2.39. The molecule has 0 aliphatic rings. The molecule has 1 heterocycles. The standard InChI is InChI=1S/C76H129N31O28/c1-9-14-41(97-54(117)29-90-52(115)27-88-51(114)26-89-53(116)28-92-70(131)59(38(7)110)105-50(113)21-35(4)109)64(125)95-36(5)61(122)104-48(32-108)63(124)91-30-55(118)99-43(16-12-19-86-75(80)81)67(128)107-60(39(8)111)71(132)93-31-56(119)98-42(15-11-18-85-74(78)79)65(126)100-44(17-13-20-87-76(82)83)66(127)101-46(23-49(77)112)68(129)96-37(6)62(123)106-58(34(3)10-2)72(133)102-45(22-40-25-84-33-94-40)69(130)103-47(73(134)135)24-57(120)121/h25,33-39,41-48,58-60,108-111H,9-24,26-32H2,1-8H3,(H2,77,112)(H,84,94)(H,88,114)(H,89,116)(H,90,115)(H,91,124)(H,92,131)(H,93,132)(H,95,125)(H,96,129)(H,97,117)(H,98,119)(H,99,118)(H,100,126)(H,101,127)(H,102,133)(H,103,130)(H,104,122)(H,105,113)(H,106,123)(H,107,128)(H,120,121)(H,134,135)(H4,78,79,85)(H4,80,81,86)(H4,82,83,87). The topological polar surface area (TPSA) is 966 Å². The molecule has 1 aromatic heterocycles. The Kier molecular flexibility index (Phi) is 54.8. The van der Waals surface area contributed by atoms with Crippen molar-refractivity contribution < 1.29 is 136 Å². The number of H-pyrrole nitrogens is 1. The van der Waals surface area contributed by atoms with E-state index in [0.717, 1.165) is 20.8 Å². The van der Waals surface area contributed by atoms with Crippen molar-refractivity contribution in [3.05, 3.63) is 18.2 Å². The van der Waals surface area contributed by atoms with Crippen molar-refractivity contribution in [2.24, 2.45) is 28.9 Å². The first-order chi connectivity index (χ1) is 63.3. The summed E-state index contributed by atoms with van der Waals surface area (Å²) in [7, 11) is 0. The van der Waals surface area contributed by atoms with Crippen LogP contribution in [0.4, 0.5) is 0 Å². The van der Waals surface area contributed by atoms with Crippen molar-refractivity contribution in [2.75, 3.05) is 65.5 Å². The molecule has 20 amide bonds. The van der Waals surface area contributed by atoms with Crippen LogP contribution in [0.15, 0.2) is 12.5 Å². The Balaban J connectivity index is 3.27. The largest absolute Gasteiger partial charge is 0.481 e. The number of carboxylic acid groups (broad SMARTS) is 2. The lowest BCUT2D eigenvalue weighted by Crippen LogP contribution is -2.61. The number of carbonyl (C=O) groups excluding carboxylic acids is 20. The lowest BCUT2D eigenvalue weighted by molar-refractivity contribution is -0.147. The molecule has 1 aromatic rings. The maximum Gasteiger partial charge on any atom is 0.326 e. The summed E-state index contributed by atoms with van der Waals surface area (Å²) in [4.78, 5) is 296. The number of carboxylic acids is 2. The van der Waals surface area contributed by atoms with E-state index in [9.17, 15) is 136 Å². The number of amides is 20. The first kappa shape index (κ1) is 118. The van der Waals surface area contributed by atoms with Crippen molar-refractivity contribution in [3.8, 4) is 0 Å². The molecule has 0 aromatic carbocycles. The maximum atomic E-state index is 14.4. The fraction of sp³-hybridized carbons (Fsp3) is 0.632. The number of hydrogen-bond donors (Lipinski definition) is 36. The number of nitrogens with zero attached hydrogens (tertiary/aromatic N) is 1. The number of nitrogens with one attached hydrogen (secondary N) is 26. The number of rotatable bonds is 65. The van der Waals surface area contributed by atoms with Gasteiger partial charge in [-0.15, -0.1) is 0 Å². The van der Waals surface area contributed by atoms with Crippen LogP contribution in [-0.4, -0.2) is 351 Å². The summed E-state index contributed by atoms with van der Waals surface area (Å²) >= 11 is 0. The van der Waals surface area contributed by atoms with E-state index in [1.807, 2.05) is 0 Å². The lowest BCUT2D eigenvalue weighted by atomic mass is 9.97. The molecule has 0 fully saturated rings. The molecule has 1 rings (SSSR count). The normalized spacial score (nSPS) is 14.6. The minimum atomic E-state index is -1.94. The van der Waals surface area contributed by atoms with Crippen molar-refractivity contribution in [2.45, 2.75) is 236 Å². The van der Waals surface area contributed by atoms with Gasteiger partial charge in [0.05, 0.1) is 89.8 Å². The Morgan fingerprint density at radius 2 is 0.719 bits per heavy atom. The SMILES string of the molecule is CCCC(NC(=O)CNC(=O)CNC(=O)CNC(=O)CNC(=O)C(NC(=O)CC(C)O)C(C)O)C(=O)NC(C)C(=O)NC(CO)C(=O)NCC(=O)NC(CCCNC(=N)N)C(=O)NC(C(=O)NCC(=O)NC(CCCNC(=N)N)C(=O)NC(CCCNC(=N)N)C(=O)NC(CC(N)=O)C(=O)NC(C)C(=O)NC(C(=O)NC(Cc1cnc[nH]1)C(=O)NC(CC(=O)O)C(=O)O)C(C)CC)C(C)O. The first-order valence-electron chi connectivity index (χ1n) is 42.5. The van der Waals surface area contributed by atoms with Crippen LogP contribution in [0.1, 0.15) is 138 Å². The summed E-state index contributed by atoms with van der Waals surface area (Å²) in [6, 6.07) is -21.6. The number of guanidine groups is 3. The highest BCUT2D eigenvalue weighted by atomic mass is 16.4. The monoisotopic (exact) mass is 1920 g/mol. The Morgan fingerprint density at radius 3 is 1.12 bits per heavy atom. The van der Waals surface area contributed by atoms with Gasteiger partial charge in [0.25, 0.3) is 0 Å². The fourth-order valence-corrected chi connectivity index (χ4v) is 11.7. The van der Waals surface area contributed by atoms with Crippen LogP contribution in [0.2, 0.25) is 0 Å². The van der Waals surface area contributed by atoms with Crippen molar-refractivity contribution >= 4 is 148 Å². The van der Waals surface area contributed by atoms with Gasteiger partial charge in [0, 0.05) is 37.9 Å². The molecule has 0 aliphatic heterocycles. The van der Waals surface area contributed by atoms with Gasteiger partial charge in [-0.3, -0.25) is 117 Å². The molecule has 135 heavy (non-hydrogen) atoms. The quantitative estimate of drug-likeness (QED) is 0.0164. The summed E-state index contributed by atoms with van der Waals surface area (Å²) in [5.41, 5.74) is 22.1. The second-order valence-electron chi connectivity index (χ2n) is 30.9. The molecule has 0 radical (unpaired) electrons. The third-order valence-corrected chi connectivity index (χ3v) is 19.1. The molecular formula is C76H129N31O28. The average molecular weight is 1930 g/mol. The number of aromatic nitrogens is 2. The van der Waals surface area contributed by atoms with Gasteiger partial charge >= 0.3 is 11.9 Å². The molecule has 756 valence electrons. The number of aromatic amines is 1. The van der Waals surface area contributed by atoms with Crippen LogP contribution in [0.5, 0.6) is 0 Å². The van der Waals surface area contributed by atoms with E-state index in [1.54, 1.807) is 13.8 Å². The number of imidazole rings is 1. The fourth-order valence-electron chi connectivity index (χ4n) is 11.7. The summed E-state index contributed by atoms with van der Waals surface area (Å²) in [6.07, 6.45) is -5.09. The van der Waals surface area contributed by atoms with E-state index in [1.165, 1.54) is 33.3 Å². The van der Waals surface area contributed by atoms with Crippen molar-refractivity contribution in [1.29, 1.82) is 16.2 Å². The molecule has 40 N–H and O–H groups in total. The molecular weight excluding hydrogens is 1800 g/mol. The number of nitrogens with two attached hydrogens (primary N) is 4. The van der Waals surface area contributed by atoms with Gasteiger partial charge in [-0.2, -0.15) is 0 Å². The molecule has 59 nitrogen and oxygen atoms in total. The van der Waals surface area contributed by atoms with Crippen molar-refractivity contribution in [1.82, 2.24) is 127 Å². The number of hydrogen-bond acceptors (Lipinski definition) is 30. The molecule has 0 bridgehead atoms. The zero-order chi connectivity index (χ0) is 102. The van der Waals surface area contributed by atoms with Gasteiger partial charge in [-0.25, -0.2) is 9.78 Å². The number of aliphatic carboxylic acids is 2. The van der Waals surface area contributed by atoms with Crippen LogP contribution < -0.4 is 140 Å². The average Bonchev–Trinajstić information content (AvgIpc) is 1.37. The van der Waals surface area contributed by atoms with E-state index in [4.69, 9.17) is 39.2 Å². The predicted molar refractivity (Wildman–Crippen MR) is 469 cm³/mol. The van der Waals surface area contributed by atoms with E-state index in [-0.39, 0.29) is 96.0 Å². The summed E-state index contributed by atoms with van der Waals surface area (Å²) < 4.78 is 0. The predicted octanol–water partition coefficient (Wildman–Crippen LogP) is -16.4. The van der Waals surface area contributed by atoms with Crippen LogP contribution in [0.25, 0.3) is 0 Å². The number of carbonyl (C=O) groups is 22. The maximum absolute atomic E-state index is 14.4. The van der Waals surface area contributed by atoms with Crippen LogP contribution >= 0.6 is 0 Å². The zero-order valence-corrected chi connectivity index (χ0v) is 75.7. The van der Waals surface area contributed by atoms with Crippen molar-refractivity contribution in [3.63, 3.8) is 0 Å². The summed E-state index contributed by atoms with van der Waals surface area (Å²) in [5, 5.41) is 132. The van der Waals surface area contributed by atoms with E-state index < -0.39 is 309 Å². The number of primary amides is 1. The van der Waals surface area contributed by atoms with E-state index in [2.05, 4.69) is 127 Å². The Bertz CT molecular complexity index is 4270. The van der Waals surface area contributed by atoms with Gasteiger partial charge in [0.2, 0.25) is 118 Å². The minimum absolute atomic E-state index is 0.0169. The lowest BCUT2D eigenvalue weighted by Gasteiger charge is -2.28. The minimum Gasteiger partial charge on any atom is -0.481 e. The number of aliphatic hydroxyl groups excluding tert-OH is 4. The molecule has 59 heteroatoms. The van der Waals surface area contributed by atoms with Gasteiger partial charge in [-0.1, -0.05) is 33.6 Å². The second-order valence-corrected chi connectivity index (χ2v) is 30.9. The highest BCUT2D eigenvalue weighted by molar-refractivity contribution is 6.02. The van der Waals surface area contributed by atoms with Crippen LogP contribution in [0, 0.1) is 22.1 Å². The second kappa shape index (κ2) is 62.5. The molecule has 17 atom stereocenters. The summed E-state index contributed by atoms with van der Waals surface area (Å²) in [5.74, 6) is -26.6.